The lowest BCUT2D eigenvalue weighted by Crippen LogP contribution is -2.34. The molecule has 3 amide bonds. The molecular weight excluding hydrogens is 370 g/mol. The molecule has 0 radical (unpaired) electrons. The summed E-state index contributed by atoms with van der Waals surface area (Å²) >= 11 is 1.57. The van der Waals surface area contributed by atoms with Crippen molar-refractivity contribution in [3.8, 4) is 0 Å². The Kier molecular flexibility index (Phi) is 6.31. The van der Waals surface area contributed by atoms with Gasteiger partial charge in [-0.05, 0) is 44.5 Å². The van der Waals surface area contributed by atoms with Gasteiger partial charge in [-0.3, -0.25) is 4.79 Å². The molecule has 1 heterocycles. The van der Waals surface area contributed by atoms with Gasteiger partial charge in [0, 0.05) is 34.2 Å². The minimum absolute atomic E-state index is 0.0798. The SMILES string of the molecule is CCN(CC)C(=O)Nc1ccc(C(C)NC(=O)c2csc3ccccc23)cc1. The van der Waals surface area contributed by atoms with E-state index in [1.807, 2.05) is 74.7 Å². The Bertz CT molecular complexity index is 961. The third-order valence-corrected chi connectivity index (χ3v) is 5.75. The molecule has 0 aliphatic heterocycles. The Morgan fingerprint density at radius 3 is 2.39 bits per heavy atom. The molecule has 0 aliphatic rings. The average Bonchev–Trinajstić information content (AvgIpc) is 3.13. The van der Waals surface area contributed by atoms with Gasteiger partial charge in [-0.1, -0.05) is 30.3 Å². The van der Waals surface area contributed by atoms with Crippen molar-refractivity contribution >= 4 is 39.0 Å². The van der Waals surface area contributed by atoms with Gasteiger partial charge in [0.15, 0.2) is 0 Å². The van der Waals surface area contributed by atoms with Gasteiger partial charge in [-0.2, -0.15) is 0 Å². The van der Waals surface area contributed by atoms with Crippen LogP contribution in [0.1, 0.15) is 42.7 Å². The van der Waals surface area contributed by atoms with Crippen LogP contribution in [0.15, 0.2) is 53.9 Å². The largest absolute Gasteiger partial charge is 0.345 e. The van der Waals surface area contributed by atoms with Crippen LogP contribution in [0.5, 0.6) is 0 Å². The fourth-order valence-electron chi connectivity index (χ4n) is 3.08. The molecule has 2 aromatic carbocycles. The standard InChI is InChI=1S/C22H25N3O2S/c1-4-25(5-2)22(27)24-17-12-10-16(11-13-17)15(3)23-21(26)19-14-28-20-9-7-6-8-18(19)20/h6-15H,4-5H2,1-3H3,(H,23,26)(H,24,27). The zero-order chi connectivity index (χ0) is 20.1. The maximum absolute atomic E-state index is 12.7. The molecule has 6 heteroatoms. The summed E-state index contributed by atoms with van der Waals surface area (Å²) in [6.07, 6.45) is 0. The molecule has 1 aromatic heterocycles. The monoisotopic (exact) mass is 395 g/mol. The van der Waals surface area contributed by atoms with Crippen molar-refractivity contribution in [3.05, 3.63) is 65.0 Å². The third kappa shape index (κ3) is 4.34. The maximum atomic E-state index is 12.7. The quantitative estimate of drug-likeness (QED) is 0.597. The summed E-state index contributed by atoms with van der Waals surface area (Å²) in [7, 11) is 0. The molecule has 0 spiro atoms. The van der Waals surface area contributed by atoms with Crippen LogP contribution in [0, 0.1) is 0 Å². The van der Waals surface area contributed by atoms with E-state index in [9.17, 15) is 9.59 Å². The molecule has 5 nitrogen and oxygen atoms in total. The Morgan fingerprint density at radius 1 is 1.04 bits per heavy atom. The predicted octanol–water partition coefficient (Wildman–Crippen LogP) is 5.27. The summed E-state index contributed by atoms with van der Waals surface area (Å²) in [5.41, 5.74) is 2.42. The van der Waals surface area contributed by atoms with Crippen molar-refractivity contribution in [2.24, 2.45) is 0 Å². The Hall–Kier alpha value is -2.86. The van der Waals surface area contributed by atoms with E-state index in [0.29, 0.717) is 18.7 Å². The van der Waals surface area contributed by atoms with Crippen molar-refractivity contribution in [1.82, 2.24) is 10.2 Å². The van der Waals surface area contributed by atoms with Crippen molar-refractivity contribution in [2.45, 2.75) is 26.8 Å². The van der Waals surface area contributed by atoms with E-state index >= 15 is 0 Å². The minimum Gasteiger partial charge on any atom is -0.345 e. The lowest BCUT2D eigenvalue weighted by Gasteiger charge is -2.19. The second-order valence-electron chi connectivity index (χ2n) is 6.57. The van der Waals surface area contributed by atoms with Crippen molar-refractivity contribution in [3.63, 3.8) is 0 Å². The van der Waals surface area contributed by atoms with Gasteiger partial charge >= 0.3 is 6.03 Å². The number of rotatable bonds is 6. The van der Waals surface area contributed by atoms with Crippen LogP contribution >= 0.6 is 11.3 Å². The molecule has 2 N–H and O–H groups in total. The highest BCUT2D eigenvalue weighted by molar-refractivity contribution is 7.17. The van der Waals surface area contributed by atoms with E-state index in [1.165, 1.54) is 0 Å². The molecule has 0 fully saturated rings. The number of fused-ring (bicyclic) bond motifs is 1. The van der Waals surface area contributed by atoms with Crippen LogP contribution in [0.4, 0.5) is 10.5 Å². The van der Waals surface area contributed by atoms with E-state index in [0.717, 1.165) is 21.3 Å². The Morgan fingerprint density at radius 2 is 1.71 bits per heavy atom. The molecular formula is C22H25N3O2S. The highest BCUT2D eigenvalue weighted by Gasteiger charge is 2.15. The van der Waals surface area contributed by atoms with Gasteiger partial charge in [0.05, 0.1) is 11.6 Å². The number of amides is 3. The van der Waals surface area contributed by atoms with E-state index in [-0.39, 0.29) is 18.0 Å². The van der Waals surface area contributed by atoms with Crippen molar-refractivity contribution in [2.75, 3.05) is 18.4 Å². The number of benzene rings is 2. The first-order chi connectivity index (χ1) is 13.5. The van der Waals surface area contributed by atoms with Gasteiger partial charge in [-0.15, -0.1) is 11.3 Å². The summed E-state index contributed by atoms with van der Waals surface area (Å²) in [6.45, 7) is 7.19. The molecule has 0 aliphatic carbocycles. The fourth-order valence-corrected chi connectivity index (χ4v) is 4.02. The second kappa shape index (κ2) is 8.89. The lowest BCUT2D eigenvalue weighted by molar-refractivity contribution is 0.0942. The number of urea groups is 1. The summed E-state index contributed by atoms with van der Waals surface area (Å²) in [4.78, 5) is 26.6. The van der Waals surface area contributed by atoms with Crippen molar-refractivity contribution < 1.29 is 9.59 Å². The zero-order valence-corrected chi connectivity index (χ0v) is 17.2. The summed E-state index contributed by atoms with van der Waals surface area (Å²) in [6, 6.07) is 15.2. The lowest BCUT2D eigenvalue weighted by atomic mass is 10.1. The van der Waals surface area contributed by atoms with Gasteiger partial charge in [-0.25, -0.2) is 4.79 Å². The topological polar surface area (TPSA) is 61.4 Å². The maximum Gasteiger partial charge on any atom is 0.321 e. The highest BCUT2D eigenvalue weighted by Crippen LogP contribution is 2.26. The van der Waals surface area contributed by atoms with E-state index < -0.39 is 0 Å². The highest BCUT2D eigenvalue weighted by atomic mass is 32.1. The number of carbonyl (C=O) groups excluding carboxylic acids is 2. The van der Waals surface area contributed by atoms with Crippen LogP contribution in [-0.4, -0.2) is 29.9 Å². The average molecular weight is 396 g/mol. The summed E-state index contributed by atoms with van der Waals surface area (Å²) < 4.78 is 1.11. The number of nitrogens with zero attached hydrogens (tertiary/aromatic N) is 1. The smallest absolute Gasteiger partial charge is 0.321 e. The van der Waals surface area contributed by atoms with E-state index in [1.54, 1.807) is 16.2 Å². The summed E-state index contributed by atoms with van der Waals surface area (Å²) in [5, 5.41) is 8.83. The first-order valence-corrected chi connectivity index (χ1v) is 10.3. The van der Waals surface area contributed by atoms with Crippen LogP contribution in [0.25, 0.3) is 10.1 Å². The zero-order valence-electron chi connectivity index (χ0n) is 16.4. The molecule has 0 bridgehead atoms. The molecule has 3 rings (SSSR count). The van der Waals surface area contributed by atoms with Crippen LogP contribution in [-0.2, 0) is 0 Å². The first-order valence-electron chi connectivity index (χ1n) is 9.46. The number of hydrogen-bond acceptors (Lipinski definition) is 3. The van der Waals surface area contributed by atoms with Crippen LogP contribution in [0.3, 0.4) is 0 Å². The number of carbonyl (C=O) groups is 2. The van der Waals surface area contributed by atoms with Gasteiger partial charge in [0.1, 0.15) is 0 Å². The number of thiophene rings is 1. The molecule has 0 saturated heterocycles. The minimum atomic E-state index is -0.140. The first kappa shape index (κ1) is 19.9. The van der Waals surface area contributed by atoms with Crippen LogP contribution in [0.2, 0.25) is 0 Å². The predicted molar refractivity (Wildman–Crippen MR) is 116 cm³/mol. The Labute approximate surface area is 169 Å². The second-order valence-corrected chi connectivity index (χ2v) is 7.48. The number of anilines is 1. The van der Waals surface area contributed by atoms with E-state index in [2.05, 4.69) is 10.6 Å². The fraction of sp³-hybridized carbons (Fsp3) is 0.273. The Balaban J connectivity index is 1.65. The van der Waals surface area contributed by atoms with Crippen LogP contribution < -0.4 is 10.6 Å². The van der Waals surface area contributed by atoms with Crippen molar-refractivity contribution in [1.29, 1.82) is 0 Å². The van der Waals surface area contributed by atoms with Gasteiger partial charge in [0.2, 0.25) is 0 Å². The number of nitrogens with one attached hydrogen (secondary N) is 2. The molecule has 146 valence electrons. The van der Waals surface area contributed by atoms with Gasteiger partial charge < -0.3 is 15.5 Å². The summed E-state index contributed by atoms with van der Waals surface area (Å²) in [5.74, 6) is -0.0798. The van der Waals surface area contributed by atoms with E-state index in [4.69, 9.17) is 0 Å². The molecule has 28 heavy (non-hydrogen) atoms. The normalized spacial score (nSPS) is 11.8. The molecule has 0 saturated carbocycles. The molecule has 1 atom stereocenters. The third-order valence-electron chi connectivity index (χ3n) is 4.79. The van der Waals surface area contributed by atoms with Gasteiger partial charge in [0.25, 0.3) is 5.91 Å². The molecule has 3 aromatic rings. The number of hydrogen-bond donors (Lipinski definition) is 2. The molecule has 1 unspecified atom stereocenters.